The molecule has 0 saturated heterocycles. The van der Waals surface area contributed by atoms with Crippen molar-refractivity contribution in [2.45, 2.75) is 46.3 Å². The van der Waals surface area contributed by atoms with Crippen LogP contribution >= 0.6 is 0 Å². The molecule has 0 N–H and O–H groups in total. The summed E-state index contributed by atoms with van der Waals surface area (Å²) in [5.74, 6) is -0.219. The molecule has 0 saturated carbocycles. The van der Waals surface area contributed by atoms with Crippen LogP contribution in [0, 0.1) is 13.8 Å². The van der Waals surface area contributed by atoms with Gasteiger partial charge in [0.15, 0.2) is 0 Å². The molecule has 29 heavy (non-hydrogen) atoms. The molecule has 1 aromatic carbocycles. The number of ether oxygens (including phenoxy) is 2. The van der Waals surface area contributed by atoms with Crippen LogP contribution in [-0.4, -0.2) is 27.2 Å². The molecule has 0 radical (unpaired) electrons. The van der Waals surface area contributed by atoms with Crippen LogP contribution in [-0.2, 0) is 17.8 Å². The van der Waals surface area contributed by atoms with Gasteiger partial charge in [-0.1, -0.05) is 0 Å². The molecule has 0 aliphatic carbocycles. The molecule has 3 heterocycles. The number of halogens is 3. The number of nitrogens with zero attached hydrogens (tertiary/aromatic N) is 3. The van der Waals surface area contributed by atoms with Gasteiger partial charge in [-0.25, -0.2) is 4.68 Å². The summed E-state index contributed by atoms with van der Waals surface area (Å²) < 4.78 is 49.4. The van der Waals surface area contributed by atoms with E-state index in [0.717, 1.165) is 28.2 Å². The van der Waals surface area contributed by atoms with Crippen LogP contribution in [0.3, 0.4) is 0 Å². The Morgan fingerprint density at radius 2 is 1.97 bits per heavy atom. The number of pyridine rings is 1. The number of hydrogen-bond donors (Lipinski definition) is 0. The zero-order valence-corrected chi connectivity index (χ0v) is 16.2. The number of aryl methyl sites for hydroxylation is 2. The lowest BCUT2D eigenvalue weighted by Crippen LogP contribution is -2.21. The Morgan fingerprint density at radius 1 is 1.17 bits per heavy atom. The lowest BCUT2D eigenvalue weighted by molar-refractivity contribution is -0.274. The number of fused-ring (bicyclic) bond motifs is 1. The summed E-state index contributed by atoms with van der Waals surface area (Å²) >= 11 is 0. The molecule has 0 amide bonds. The van der Waals surface area contributed by atoms with Gasteiger partial charge in [0.05, 0.1) is 29.8 Å². The Labute approximate surface area is 166 Å². The zero-order chi connectivity index (χ0) is 20.8. The van der Waals surface area contributed by atoms with E-state index in [1.54, 1.807) is 29.9 Å². The van der Waals surface area contributed by atoms with Gasteiger partial charge in [-0.05, 0) is 56.7 Å². The largest absolute Gasteiger partial charge is 0.573 e. The van der Waals surface area contributed by atoms with Gasteiger partial charge in [-0.2, -0.15) is 5.10 Å². The van der Waals surface area contributed by atoms with Gasteiger partial charge in [0.1, 0.15) is 5.75 Å². The minimum absolute atomic E-state index is 0.0268. The van der Waals surface area contributed by atoms with Crippen molar-refractivity contribution in [1.29, 1.82) is 0 Å². The van der Waals surface area contributed by atoms with Gasteiger partial charge >= 0.3 is 6.36 Å². The molecule has 0 fully saturated rings. The first-order chi connectivity index (χ1) is 13.7. The van der Waals surface area contributed by atoms with Crippen LogP contribution in [0.15, 0.2) is 36.5 Å². The average molecular weight is 403 g/mol. The fraction of sp³-hybridized carbons (Fsp3) is 0.333. The maximum Gasteiger partial charge on any atom is 0.573 e. The summed E-state index contributed by atoms with van der Waals surface area (Å²) in [6, 6.07) is 8.41. The number of rotatable bonds is 3. The van der Waals surface area contributed by atoms with E-state index in [1.807, 2.05) is 26.0 Å². The molecular formula is C21H20F3N3O2. The monoisotopic (exact) mass is 403 g/mol. The van der Waals surface area contributed by atoms with E-state index in [2.05, 4.69) is 9.72 Å². The molecule has 1 aliphatic heterocycles. The van der Waals surface area contributed by atoms with Crippen molar-refractivity contribution in [3.05, 3.63) is 59.0 Å². The lowest BCUT2D eigenvalue weighted by atomic mass is 10.0. The highest BCUT2D eigenvalue weighted by Gasteiger charge is 2.32. The number of benzene rings is 1. The highest BCUT2D eigenvalue weighted by molar-refractivity contribution is 5.65. The summed E-state index contributed by atoms with van der Waals surface area (Å²) in [6.07, 6.45) is -2.31. The Bertz CT molecular complexity index is 1060. The summed E-state index contributed by atoms with van der Waals surface area (Å²) in [4.78, 5) is 4.23. The van der Waals surface area contributed by atoms with Gasteiger partial charge in [-0.3, -0.25) is 4.98 Å². The first-order valence-corrected chi connectivity index (χ1v) is 9.23. The molecule has 2 aromatic heterocycles. The molecule has 1 atom stereocenters. The highest BCUT2D eigenvalue weighted by atomic mass is 19.4. The van der Waals surface area contributed by atoms with Crippen molar-refractivity contribution in [2.75, 3.05) is 0 Å². The van der Waals surface area contributed by atoms with E-state index < -0.39 is 6.36 Å². The van der Waals surface area contributed by atoms with Gasteiger partial charge in [-0.15, -0.1) is 13.2 Å². The zero-order valence-electron chi connectivity index (χ0n) is 16.2. The van der Waals surface area contributed by atoms with E-state index in [-0.39, 0.29) is 11.9 Å². The molecule has 1 aliphatic rings. The Balaban J connectivity index is 1.81. The van der Waals surface area contributed by atoms with Gasteiger partial charge in [0, 0.05) is 29.4 Å². The third-order valence-corrected chi connectivity index (χ3v) is 4.88. The maximum absolute atomic E-state index is 12.6. The Hall–Kier alpha value is -2.87. The van der Waals surface area contributed by atoms with E-state index in [9.17, 15) is 13.2 Å². The number of hydrogen-bond acceptors (Lipinski definition) is 4. The van der Waals surface area contributed by atoms with Gasteiger partial charge in [0.2, 0.25) is 0 Å². The smallest absolute Gasteiger partial charge is 0.406 e. The normalized spacial score (nSPS) is 16.6. The minimum Gasteiger partial charge on any atom is -0.406 e. The van der Waals surface area contributed by atoms with Crippen LogP contribution in [0.25, 0.3) is 16.9 Å². The van der Waals surface area contributed by atoms with Crippen LogP contribution in [0.5, 0.6) is 5.75 Å². The quantitative estimate of drug-likeness (QED) is 0.624. The maximum atomic E-state index is 12.6. The van der Waals surface area contributed by atoms with E-state index in [1.165, 1.54) is 6.07 Å². The predicted molar refractivity (Wildman–Crippen MR) is 101 cm³/mol. The van der Waals surface area contributed by atoms with Crippen molar-refractivity contribution in [3.8, 4) is 22.7 Å². The van der Waals surface area contributed by atoms with Crippen molar-refractivity contribution in [3.63, 3.8) is 0 Å². The van der Waals surface area contributed by atoms with Crippen LogP contribution in [0.4, 0.5) is 13.2 Å². The average Bonchev–Trinajstić information content (AvgIpc) is 3.01. The number of alkyl halides is 3. The highest BCUT2D eigenvalue weighted by Crippen LogP contribution is 2.34. The predicted octanol–water partition coefficient (Wildman–Crippen LogP) is 4.91. The SMILES string of the molecule is Cc1cc(-c2nn(-c3ccc(OC(F)(F)F)c(C)c3)c3c2COC(C)C3)ccn1. The minimum atomic E-state index is -4.73. The van der Waals surface area contributed by atoms with Crippen molar-refractivity contribution in [2.24, 2.45) is 0 Å². The molecule has 152 valence electrons. The van der Waals surface area contributed by atoms with Crippen LogP contribution < -0.4 is 4.74 Å². The molecule has 8 heteroatoms. The third kappa shape index (κ3) is 3.98. The lowest BCUT2D eigenvalue weighted by Gasteiger charge is -2.21. The molecule has 0 spiro atoms. The summed E-state index contributed by atoms with van der Waals surface area (Å²) in [5, 5.41) is 4.80. The summed E-state index contributed by atoms with van der Waals surface area (Å²) in [6.45, 7) is 5.91. The Morgan fingerprint density at radius 3 is 2.66 bits per heavy atom. The van der Waals surface area contributed by atoms with Crippen molar-refractivity contribution < 1.29 is 22.6 Å². The first kappa shape index (κ1) is 19.4. The molecular weight excluding hydrogens is 383 g/mol. The van der Waals surface area contributed by atoms with E-state index in [0.29, 0.717) is 24.3 Å². The third-order valence-electron chi connectivity index (χ3n) is 4.88. The van der Waals surface area contributed by atoms with Gasteiger partial charge < -0.3 is 9.47 Å². The molecule has 5 nitrogen and oxygen atoms in total. The summed E-state index contributed by atoms with van der Waals surface area (Å²) in [5.41, 5.74) is 5.65. The summed E-state index contributed by atoms with van der Waals surface area (Å²) in [7, 11) is 0. The molecule has 3 aromatic rings. The first-order valence-electron chi connectivity index (χ1n) is 9.23. The Kier molecular flexibility index (Phi) is 4.82. The fourth-order valence-electron chi connectivity index (χ4n) is 3.55. The second-order valence-electron chi connectivity index (χ2n) is 7.19. The topological polar surface area (TPSA) is 49.2 Å². The van der Waals surface area contributed by atoms with E-state index in [4.69, 9.17) is 9.84 Å². The van der Waals surface area contributed by atoms with Gasteiger partial charge in [0.25, 0.3) is 0 Å². The van der Waals surface area contributed by atoms with Crippen LogP contribution in [0.1, 0.15) is 29.4 Å². The molecule has 4 rings (SSSR count). The second-order valence-corrected chi connectivity index (χ2v) is 7.19. The number of aromatic nitrogens is 3. The van der Waals surface area contributed by atoms with E-state index >= 15 is 0 Å². The fourth-order valence-corrected chi connectivity index (χ4v) is 3.55. The molecule has 0 bridgehead atoms. The molecule has 1 unspecified atom stereocenters. The van der Waals surface area contributed by atoms with Crippen molar-refractivity contribution in [1.82, 2.24) is 14.8 Å². The second kappa shape index (κ2) is 7.18. The van der Waals surface area contributed by atoms with Crippen molar-refractivity contribution >= 4 is 0 Å². The standard InChI is InChI=1S/C21H20F3N3O2/c1-12-8-16(4-5-19(12)29-21(22,23)24)27-18-10-14(3)28-11-17(18)20(26-27)15-6-7-25-13(2)9-15/h4-9,14H,10-11H2,1-3H3. The van der Waals surface area contributed by atoms with Crippen LogP contribution in [0.2, 0.25) is 0 Å².